The molecule has 2 heterocycles. The minimum Gasteiger partial charge on any atom is -0.312 e. The van der Waals surface area contributed by atoms with Crippen LogP contribution in [0.1, 0.15) is 11.1 Å². The average Bonchev–Trinajstić information content (AvgIpc) is 2.55. The van der Waals surface area contributed by atoms with Gasteiger partial charge in [0.15, 0.2) is 0 Å². The number of pyridine rings is 2. The topological polar surface area (TPSA) is 37.8 Å². The largest absolute Gasteiger partial charge is 0.312 e. The number of rotatable bonds is 5. The molecule has 0 amide bonds. The van der Waals surface area contributed by atoms with Crippen molar-refractivity contribution in [3.05, 3.63) is 71.1 Å². The fraction of sp³-hybridized carbons (Fsp3) is 0.176. The second-order valence-electron chi connectivity index (χ2n) is 4.89. The summed E-state index contributed by atoms with van der Waals surface area (Å²) in [6.45, 7) is 1.69. The Morgan fingerprint density at radius 3 is 2.81 bits per heavy atom. The van der Waals surface area contributed by atoms with E-state index in [1.54, 1.807) is 12.4 Å². The zero-order chi connectivity index (χ0) is 14.5. The van der Waals surface area contributed by atoms with E-state index in [2.05, 4.69) is 21.4 Å². The van der Waals surface area contributed by atoms with E-state index in [-0.39, 0.29) is 0 Å². The molecule has 0 saturated heterocycles. The van der Waals surface area contributed by atoms with Gasteiger partial charge in [-0.1, -0.05) is 23.7 Å². The molecular weight excluding hydrogens is 282 g/mol. The molecule has 0 aliphatic rings. The van der Waals surface area contributed by atoms with Crippen LogP contribution in [0.4, 0.5) is 0 Å². The summed E-state index contributed by atoms with van der Waals surface area (Å²) in [5.41, 5.74) is 3.38. The van der Waals surface area contributed by atoms with E-state index in [0.29, 0.717) is 0 Å². The Balaban J connectivity index is 1.65. The highest BCUT2D eigenvalue weighted by atomic mass is 35.5. The highest BCUT2D eigenvalue weighted by Gasteiger charge is 2.05. The molecule has 21 heavy (non-hydrogen) atoms. The molecule has 0 radical (unpaired) electrons. The van der Waals surface area contributed by atoms with E-state index >= 15 is 0 Å². The zero-order valence-electron chi connectivity index (χ0n) is 11.6. The lowest BCUT2D eigenvalue weighted by molar-refractivity contribution is 0.688. The number of halogens is 1. The summed E-state index contributed by atoms with van der Waals surface area (Å²) in [5, 5.41) is 5.20. The van der Waals surface area contributed by atoms with Crippen LogP contribution >= 0.6 is 11.6 Å². The third-order valence-electron chi connectivity index (χ3n) is 3.43. The molecule has 106 valence electrons. The molecule has 0 fully saturated rings. The van der Waals surface area contributed by atoms with Crippen LogP contribution in [0, 0.1) is 0 Å². The van der Waals surface area contributed by atoms with Gasteiger partial charge < -0.3 is 5.32 Å². The first kappa shape index (κ1) is 14.0. The number of nitrogens with zero attached hydrogens (tertiary/aromatic N) is 2. The summed E-state index contributed by atoms with van der Waals surface area (Å²) >= 11 is 6.20. The number of hydrogen-bond donors (Lipinski definition) is 1. The van der Waals surface area contributed by atoms with Crippen molar-refractivity contribution in [1.82, 2.24) is 15.3 Å². The molecular formula is C17H16ClN3. The van der Waals surface area contributed by atoms with Crippen molar-refractivity contribution in [3.8, 4) is 0 Å². The van der Waals surface area contributed by atoms with Gasteiger partial charge in [0.05, 0.1) is 5.52 Å². The maximum Gasteiger partial charge on any atom is 0.0761 e. The molecule has 0 saturated carbocycles. The standard InChI is InChI=1S/C17H16ClN3/c18-16-6-5-14(17-15(16)4-2-9-21-17)12-20-10-7-13-3-1-8-19-11-13/h1-6,8-9,11,20H,7,10,12H2. The van der Waals surface area contributed by atoms with Gasteiger partial charge in [-0.25, -0.2) is 0 Å². The molecule has 1 aromatic carbocycles. The number of hydrogen-bond acceptors (Lipinski definition) is 3. The summed E-state index contributed by atoms with van der Waals surface area (Å²) in [5.74, 6) is 0. The molecule has 0 bridgehead atoms. The molecule has 0 aliphatic carbocycles. The maximum absolute atomic E-state index is 6.20. The highest BCUT2D eigenvalue weighted by Crippen LogP contribution is 2.24. The number of fused-ring (bicyclic) bond motifs is 1. The first-order chi connectivity index (χ1) is 10.3. The van der Waals surface area contributed by atoms with Crippen molar-refractivity contribution >= 4 is 22.5 Å². The second kappa shape index (κ2) is 6.66. The van der Waals surface area contributed by atoms with Gasteiger partial charge in [-0.05, 0) is 48.4 Å². The summed E-state index contributed by atoms with van der Waals surface area (Å²) in [6, 6.07) is 11.9. The van der Waals surface area contributed by atoms with Crippen LogP contribution in [0.25, 0.3) is 10.9 Å². The molecule has 0 unspecified atom stereocenters. The lowest BCUT2D eigenvalue weighted by atomic mass is 10.1. The van der Waals surface area contributed by atoms with Crippen molar-refractivity contribution in [2.45, 2.75) is 13.0 Å². The average molecular weight is 298 g/mol. The fourth-order valence-corrected chi connectivity index (χ4v) is 2.56. The fourth-order valence-electron chi connectivity index (χ4n) is 2.34. The van der Waals surface area contributed by atoms with E-state index in [0.717, 1.165) is 35.4 Å². The quantitative estimate of drug-likeness (QED) is 0.731. The summed E-state index contributed by atoms with van der Waals surface area (Å²) in [6.07, 6.45) is 6.47. The van der Waals surface area contributed by atoms with Gasteiger partial charge >= 0.3 is 0 Å². The van der Waals surface area contributed by atoms with Gasteiger partial charge in [-0.3, -0.25) is 9.97 Å². The van der Waals surface area contributed by atoms with Crippen LogP contribution < -0.4 is 5.32 Å². The molecule has 3 rings (SSSR count). The van der Waals surface area contributed by atoms with E-state index < -0.39 is 0 Å². The first-order valence-electron chi connectivity index (χ1n) is 6.96. The van der Waals surface area contributed by atoms with Gasteiger partial charge in [-0.2, -0.15) is 0 Å². The molecule has 0 atom stereocenters. The van der Waals surface area contributed by atoms with Crippen molar-refractivity contribution in [2.75, 3.05) is 6.54 Å². The Morgan fingerprint density at radius 1 is 1.05 bits per heavy atom. The summed E-state index contributed by atoms with van der Waals surface area (Å²) in [7, 11) is 0. The van der Waals surface area contributed by atoms with E-state index in [4.69, 9.17) is 11.6 Å². The molecule has 0 spiro atoms. The lowest BCUT2D eigenvalue weighted by Gasteiger charge is -2.08. The maximum atomic E-state index is 6.20. The Kier molecular flexibility index (Phi) is 4.43. The Labute approximate surface area is 129 Å². The van der Waals surface area contributed by atoms with Gasteiger partial charge in [0, 0.05) is 35.5 Å². The smallest absolute Gasteiger partial charge is 0.0761 e. The van der Waals surface area contributed by atoms with Gasteiger partial charge in [-0.15, -0.1) is 0 Å². The number of aromatic nitrogens is 2. The predicted octanol–water partition coefficient (Wildman–Crippen LogP) is 3.62. The van der Waals surface area contributed by atoms with Crippen molar-refractivity contribution in [2.24, 2.45) is 0 Å². The Bertz CT molecular complexity index is 728. The second-order valence-corrected chi connectivity index (χ2v) is 5.30. The minimum absolute atomic E-state index is 0.747. The SMILES string of the molecule is Clc1ccc(CNCCc2cccnc2)c2ncccc12. The number of nitrogens with one attached hydrogen (secondary N) is 1. The third-order valence-corrected chi connectivity index (χ3v) is 3.76. The lowest BCUT2D eigenvalue weighted by Crippen LogP contribution is -2.17. The van der Waals surface area contributed by atoms with E-state index in [1.165, 1.54) is 11.1 Å². The van der Waals surface area contributed by atoms with Crippen LogP contribution in [0.15, 0.2) is 55.0 Å². The van der Waals surface area contributed by atoms with Crippen molar-refractivity contribution < 1.29 is 0 Å². The van der Waals surface area contributed by atoms with Gasteiger partial charge in [0.2, 0.25) is 0 Å². The van der Waals surface area contributed by atoms with Crippen LogP contribution in [-0.4, -0.2) is 16.5 Å². The van der Waals surface area contributed by atoms with Crippen LogP contribution in [0.3, 0.4) is 0 Å². The monoisotopic (exact) mass is 297 g/mol. The normalized spacial score (nSPS) is 10.9. The molecule has 3 nitrogen and oxygen atoms in total. The molecule has 4 heteroatoms. The molecule has 1 N–H and O–H groups in total. The number of benzene rings is 1. The summed E-state index contributed by atoms with van der Waals surface area (Å²) < 4.78 is 0. The Morgan fingerprint density at radius 2 is 1.95 bits per heavy atom. The van der Waals surface area contributed by atoms with Gasteiger partial charge in [0.1, 0.15) is 0 Å². The molecule has 2 aromatic heterocycles. The van der Waals surface area contributed by atoms with Crippen LogP contribution in [0.5, 0.6) is 0 Å². The minimum atomic E-state index is 0.747. The third kappa shape index (κ3) is 3.38. The van der Waals surface area contributed by atoms with Crippen molar-refractivity contribution in [1.29, 1.82) is 0 Å². The molecule has 0 aliphatic heterocycles. The van der Waals surface area contributed by atoms with E-state index in [1.807, 2.05) is 36.5 Å². The van der Waals surface area contributed by atoms with E-state index in [9.17, 15) is 0 Å². The zero-order valence-corrected chi connectivity index (χ0v) is 12.3. The Hall–Kier alpha value is -1.97. The predicted molar refractivity (Wildman–Crippen MR) is 86.4 cm³/mol. The highest BCUT2D eigenvalue weighted by molar-refractivity contribution is 6.35. The van der Waals surface area contributed by atoms with Gasteiger partial charge in [0.25, 0.3) is 0 Å². The van der Waals surface area contributed by atoms with Crippen LogP contribution in [-0.2, 0) is 13.0 Å². The van der Waals surface area contributed by atoms with Crippen LogP contribution in [0.2, 0.25) is 5.02 Å². The molecule has 3 aromatic rings. The van der Waals surface area contributed by atoms with Crippen molar-refractivity contribution in [3.63, 3.8) is 0 Å². The first-order valence-corrected chi connectivity index (χ1v) is 7.34. The summed E-state index contributed by atoms with van der Waals surface area (Å²) in [4.78, 5) is 8.56.